The molecule has 0 unspecified atom stereocenters. The van der Waals surface area contributed by atoms with Gasteiger partial charge in [-0.2, -0.15) is 5.10 Å². The van der Waals surface area contributed by atoms with Crippen LogP contribution in [0.5, 0.6) is 0 Å². The van der Waals surface area contributed by atoms with Gasteiger partial charge in [0.2, 0.25) is 0 Å². The Labute approximate surface area is 173 Å². The predicted octanol–water partition coefficient (Wildman–Crippen LogP) is 2.94. The Kier molecular flexibility index (Phi) is 5.60. The molecule has 8 nitrogen and oxygen atoms in total. The summed E-state index contributed by atoms with van der Waals surface area (Å²) >= 11 is 0. The Morgan fingerprint density at radius 2 is 2.20 bits per heavy atom. The maximum Gasteiger partial charge on any atom is 0.414 e. The number of carbonyl (C=O) groups excluding carboxylic acids is 2. The monoisotopic (exact) mass is 411 g/mol. The lowest BCUT2D eigenvalue weighted by Crippen LogP contribution is -2.35. The van der Waals surface area contributed by atoms with Gasteiger partial charge in [-0.05, 0) is 43.7 Å². The van der Waals surface area contributed by atoms with Crippen LogP contribution >= 0.6 is 0 Å². The van der Waals surface area contributed by atoms with E-state index in [-0.39, 0.29) is 11.9 Å². The number of hydrogen-bond donors (Lipinski definition) is 1. The van der Waals surface area contributed by atoms with Crippen molar-refractivity contribution in [3.05, 3.63) is 42.3 Å². The molecule has 156 valence electrons. The van der Waals surface area contributed by atoms with Crippen LogP contribution in [0, 0.1) is 5.82 Å². The van der Waals surface area contributed by atoms with E-state index < -0.39 is 11.9 Å². The summed E-state index contributed by atoms with van der Waals surface area (Å²) in [6.07, 6.45) is 3.20. The molecule has 0 saturated carbocycles. The smallest absolute Gasteiger partial charge is 0.414 e. The topological polar surface area (TPSA) is 87.1 Å². The zero-order valence-electron chi connectivity index (χ0n) is 16.5. The van der Waals surface area contributed by atoms with Crippen LogP contribution in [0.1, 0.15) is 19.8 Å². The number of carbonyl (C=O) groups is 2. The minimum atomic E-state index is -0.528. The van der Waals surface area contributed by atoms with Gasteiger partial charge in [-0.15, -0.1) is 0 Å². The van der Waals surface area contributed by atoms with Gasteiger partial charge >= 0.3 is 6.09 Å². The third-order valence-electron chi connectivity index (χ3n) is 5.06. The van der Waals surface area contributed by atoms with Crippen molar-refractivity contribution in [1.82, 2.24) is 10.4 Å². The fourth-order valence-corrected chi connectivity index (χ4v) is 3.45. The van der Waals surface area contributed by atoms with Crippen LogP contribution in [-0.4, -0.2) is 48.9 Å². The first-order valence-electron chi connectivity index (χ1n) is 9.77. The second-order valence-corrected chi connectivity index (χ2v) is 7.27. The molecule has 1 amide bonds. The highest BCUT2D eigenvalue weighted by molar-refractivity contribution is 5.90. The lowest BCUT2D eigenvalue weighted by atomic mass is 10.1. The Hall–Kier alpha value is -3.49. The van der Waals surface area contributed by atoms with E-state index >= 15 is 0 Å². The highest BCUT2D eigenvalue weighted by Gasteiger charge is 2.32. The normalized spacial score (nSPS) is 18.3. The van der Waals surface area contributed by atoms with Gasteiger partial charge in [0.05, 0.1) is 18.8 Å². The minimum absolute atomic E-state index is 0.0452. The zero-order valence-corrected chi connectivity index (χ0v) is 16.5. The van der Waals surface area contributed by atoms with Gasteiger partial charge < -0.3 is 19.9 Å². The van der Waals surface area contributed by atoms with Crippen molar-refractivity contribution in [3.8, 4) is 11.1 Å². The van der Waals surface area contributed by atoms with Crippen molar-refractivity contribution in [1.29, 1.82) is 0 Å². The van der Waals surface area contributed by atoms with Crippen LogP contribution in [0.2, 0.25) is 0 Å². The van der Waals surface area contributed by atoms with Gasteiger partial charge in [0.1, 0.15) is 29.9 Å². The Morgan fingerprint density at radius 1 is 1.33 bits per heavy atom. The fraction of sp³-hybridized carbons (Fsp3) is 0.333. The van der Waals surface area contributed by atoms with Gasteiger partial charge in [-0.3, -0.25) is 4.90 Å². The summed E-state index contributed by atoms with van der Waals surface area (Å²) in [4.78, 5) is 31.0. The number of aromatic nitrogens is 1. The number of benzene rings is 1. The molecule has 1 aromatic carbocycles. The van der Waals surface area contributed by atoms with E-state index in [0.29, 0.717) is 36.2 Å². The van der Waals surface area contributed by atoms with Gasteiger partial charge in [0, 0.05) is 30.3 Å². The molecule has 1 atom stereocenters. The van der Waals surface area contributed by atoms with E-state index in [1.54, 1.807) is 30.7 Å². The van der Waals surface area contributed by atoms with E-state index in [4.69, 9.17) is 4.74 Å². The summed E-state index contributed by atoms with van der Waals surface area (Å²) in [5.41, 5.74) is 4.33. The third kappa shape index (κ3) is 4.24. The number of halogens is 1. The maximum atomic E-state index is 14.8. The molecular weight excluding hydrogens is 389 g/mol. The predicted molar refractivity (Wildman–Crippen MR) is 111 cm³/mol. The summed E-state index contributed by atoms with van der Waals surface area (Å²) in [7, 11) is 0. The molecule has 3 heterocycles. The van der Waals surface area contributed by atoms with E-state index in [2.05, 4.69) is 15.5 Å². The van der Waals surface area contributed by atoms with Crippen LogP contribution in [0.4, 0.5) is 20.7 Å². The lowest BCUT2D eigenvalue weighted by Gasteiger charge is -2.21. The van der Waals surface area contributed by atoms with Crippen molar-refractivity contribution < 1.29 is 18.7 Å². The second kappa shape index (κ2) is 8.48. The number of hydrazone groups is 1. The molecule has 0 spiro atoms. The van der Waals surface area contributed by atoms with Crippen molar-refractivity contribution in [2.45, 2.75) is 25.9 Å². The summed E-state index contributed by atoms with van der Waals surface area (Å²) in [6.45, 7) is 3.28. The molecule has 2 aliphatic rings. The Morgan fingerprint density at radius 3 is 2.87 bits per heavy atom. The Bertz CT molecular complexity index is 979. The zero-order chi connectivity index (χ0) is 21.1. The average Bonchev–Trinajstić information content (AvgIpc) is 3.13. The molecule has 1 aromatic heterocycles. The van der Waals surface area contributed by atoms with Crippen LogP contribution in [-0.2, 0) is 9.53 Å². The van der Waals surface area contributed by atoms with Gasteiger partial charge in [-0.1, -0.05) is 0 Å². The minimum Gasteiger partial charge on any atom is -0.444 e. The van der Waals surface area contributed by atoms with E-state index in [9.17, 15) is 14.0 Å². The number of amides is 1. The highest BCUT2D eigenvalue weighted by Crippen LogP contribution is 2.30. The lowest BCUT2D eigenvalue weighted by molar-refractivity contribution is -0.117. The first-order chi connectivity index (χ1) is 14.5. The fourth-order valence-electron chi connectivity index (χ4n) is 3.45. The highest BCUT2D eigenvalue weighted by atomic mass is 19.1. The average molecular weight is 411 g/mol. The van der Waals surface area contributed by atoms with Crippen molar-refractivity contribution in [2.75, 3.05) is 29.4 Å². The second-order valence-electron chi connectivity index (χ2n) is 7.27. The molecule has 2 aliphatic heterocycles. The SMILES string of the molecule is CC(=O)CC[C@H]1CN(c2ccc(-c3ccc(N4C=NNCC4)nc3)c(F)c2)C(=O)O1. The van der Waals surface area contributed by atoms with Crippen molar-refractivity contribution in [3.63, 3.8) is 0 Å². The molecule has 1 N–H and O–H groups in total. The van der Waals surface area contributed by atoms with Crippen LogP contribution in [0.25, 0.3) is 11.1 Å². The molecule has 9 heteroatoms. The van der Waals surface area contributed by atoms with Gasteiger partial charge in [0.25, 0.3) is 0 Å². The quantitative estimate of drug-likeness (QED) is 0.787. The number of rotatable bonds is 6. The van der Waals surface area contributed by atoms with E-state index in [1.807, 2.05) is 11.0 Å². The van der Waals surface area contributed by atoms with E-state index in [1.165, 1.54) is 17.9 Å². The van der Waals surface area contributed by atoms with Gasteiger partial charge in [0.15, 0.2) is 0 Å². The summed E-state index contributed by atoms with van der Waals surface area (Å²) in [6, 6.07) is 8.25. The van der Waals surface area contributed by atoms with Gasteiger partial charge in [-0.25, -0.2) is 14.2 Å². The number of cyclic esters (lactones) is 1. The molecule has 4 rings (SSSR count). The summed E-state index contributed by atoms with van der Waals surface area (Å²) in [5, 5.41) is 4.00. The first-order valence-corrected chi connectivity index (χ1v) is 9.77. The third-order valence-corrected chi connectivity index (χ3v) is 5.06. The molecule has 1 fully saturated rings. The van der Waals surface area contributed by atoms with Crippen LogP contribution in [0.3, 0.4) is 0 Å². The van der Waals surface area contributed by atoms with Crippen molar-refractivity contribution in [2.24, 2.45) is 5.10 Å². The number of nitrogens with one attached hydrogen (secondary N) is 1. The first kappa shape index (κ1) is 19.8. The molecule has 0 radical (unpaired) electrons. The Balaban J connectivity index is 1.48. The number of pyridine rings is 1. The molecule has 1 saturated heterocycles. The molecule has 30 heavy (non-hydrogen) atoms. The number of anilines is 2. The van der Waals surface area contributed by atoms with Crippen LogP contribution in [0.15, 0.2) is 41.6 Å². The number of Topliss-reactive ketones (excluding diaryl/α,β-unsaturated/α-hetero) is 1. The molecule has 0 bridgehead atoms. The van der Waals surface area contributed by atoms with Crippen LogP contribution < -0.4 is 15.2 Å². The largest absolute Gasteiger partial charge is 0.444 e. The number of ether oxygens (including phenoxy) is 1. The summed E-state index contributed by atoms with van der Waals surface area (Å²) < 4.78 is 20.1. The molecule has 0 aliphatic carbocycles. The summed E-state index contributed by atoms with van der Waals surface area (Å²) in [5.74, 6) is 0.326. The number of ketones is 1. The number of nitrogens with zero attached hydrogens (tertiary/aromatic N) is 4. The van der Waals surface area contributed by atoms with E-state index in [0.717, 1.165) is 18.9 Å². The maximum absolute atomic E-state index is 14.8. The molecule has 2 aromatic rings. The number of hydrogen-bond acceptors (Lipinski definition) is 7. The van der Waals surface area contributed by atoms with Crippen molar-refractivity contribution >= 4 is 29.7 Å². The molecular formula is C21H22FN5O3. The standard InChI is InChI=1S/C21H22FN5O3/c1-14(28)2-5-17-12-27(21(29)30-17)16-4-6-18(19(22)10-16)15-3-7-20(23-11-15)26-9-8-24-25-13-26/h3-4,6-7,10-11,13,17,24H,2,5,8-9,12H2,1H3/t17-/m0/s1.